The standard InChI is InChI=1S/C21H27N3/c1-16-6-10-18(11-7-16)20(19-12-8-17(2)9-13-19)22-21-23(3)14-5-15-24(21)4/h6-13,20H,5,14-15H2,1-4H3. The predicted octanol–water partition coefficient (Wildman–Crippen LogP) is 4.02. The van der Waals surface area contributed by atoms with E-state index in [9.17, 15) is 0 Å². The maximum absolute atomic E-state index is 5.17. The van der Waals surface area contributed by atoms with E-state index in [-0.39, 0.29) is 6.04 Å². The Morgan fingerprint density at radius 2 is 1.17 bits per heavy atom. The van der Waals surface area contributed by atoms with E-state index < -0.39 is 0 Å². The molecule has 2 aromatic carbocycles. The number of hydrogen-bond acceptors (Lipinski definition) is 1. The molecule has 126 valence electrons. The number of hydrogen-bond donors (Lipinski definition) is 0. The Bertz CT molecular complexity index is 643. The zero-order valence-electron chi connectivity index (χ0n) is 15.2. The summed E-state index contributed by atoms with van der Waals surface area (Å²) in [7, 11) is 4.27. The molecule has 1 aliphatic heterocycles. The minimum Gasteiger partial charge on any atom is -0.346 e. The smallest absolute Gasteiger partial charge is 0.197 e. The Kier molecular flexibility index (Phi) is 4.89. The van der Waals surface area contributed by atoms with Gasteiger partial charge in [0.05, 0.1) is 0 Å². The van der Waals surface area contributed by atoms with Crippen LogP contribution >= 0.6 is 0 Å². The third-order valence-electron chi connectivity index (χ3n) is 4.70. The maximum Gasteiger partial charge on any atom is 0.197 e. The number of aliphatic imine (C=N–C) groups is 1. The average molecular weight is 321 g/mol. The molecule has 1 aliphatic rings. The van der Waals surface area contributed by atoms with Crippen molar-refractivity contribution in [3.8, 4) is 0 Å². The monoisotopic (exact) mass is 321 g/mol. The molecular weight excluding hydrogens is 294 g/mol. The first-order valence-electron chi connectivity index (χ1n) is 8.68. The van der Waals surface area contributed by atoms with Gasteiger partial charge >= 0.3 is 0 Å². The van der Waals surface area contributed by atoms with Crippen molar-refractivity contribution < 1.29 is 0 Å². The fraction of sp³-hybridized carbons (Fsp3) is 0.381. The molecule has 0 aromatic heterocycles. The molecule has 3 heteroatoms. The third-order valence-corrected chi connectivity index (χ3v) is 4.70. The summed E-state index contributed by atoms with van der Waals surface area (Å²) in [5.74, 6) is 1.08. The van der Waals surface area contributed by atoms with Crippen molar-refractivity contribution >= 4 is 5.96 Å². The van der Waals surface area contributed by atoms with E-state index in [2.05, 4.69) is 86.3 Å². The largest absolute Gasteiger partial charge is 0.346 e. The maximum atomic E-state index is 5.17. The first kappa shape index (κ1) is 16.6. The highest BCUT2D eigenvalue weighted by Crippen LogP contribution is 2.28. The highest BCUT2D eigenvalue weighted by atomic mass is 15.4. The molecule has 2 aromatic rings. The van der Waals surface area contributed by atoms with Gasteiger partial charge in [-0.15, -0.1) is 0 Å². The van der Waals surface area contributed by atoms with Crippen LogP contribution in [0.15, 0.2) is 53.5 Å². The highest BCUT2D eigenvalue weighted by Gasteiger charge is 2.21. The van der Waals surface area contributed by atoms with E-state index in [1.54, 1.807) is 0 Å². The van der Waals surface area contributed by atoms with Crippen LogP contribution in [0.5, 0.6) is 0 Å². The Balaban J connectivity index is 2.04. The minimum absolute atomic E-state index is 0.0317. The van der Waals surface area contributed by atoms with Gasteiger partial charge in [0.1, 0.15) is 6.04 Å². The van der Waals surface area contributed by atoms with Crippen LogP contribution in [0.4, 0.5) is 0 Å². The summed E-state index contributed by atoms with van der Waals surface area (Å²) < 4.78 is 0. The molecule has 24 heavy (non-hydrogen) atoms. The van der Waals surface area contributed by atoms with E-state index in [4.69, 9.17) is 4.99 Å². The summed E-state index contributed by atoms with van der Waals surface area (Å²) in [6.45, 7) is 6.38. The molecule has 0 saturated carbocycles. The Morgan fingerprint density at radius 1 is 0.750 bits per heavy atom. The lowest BCUT2D eigenvalue weighted by Crippen LogP contribution is -2.46. The zero-order chi connectivity index (χ0) is 17.1. The molecule has 3 rings (SSSR count). The number of guanidine groups is 1. The number of nitrogens with zero attached hydrogens (tertiary/aromatic N) is 3. The highest BCUT2D eigenvalue weighted by molar-refractivity contribution is 5.80. The first-order valence-corrected chi connectivity index (χ1v) is 8.68. The fourth-order valence-corrected chi connectivity index (χ4v) is 3.19. The quantitative estimate of drug-likeness (QED) is 0.850. The van der Waals surface area contributed by atoms with Crippen molar-refractivity contribution in [3.05, 3.63) is 70.8 Å². The van der Waals surface area contributed by atoms with Crippen molar-refractivity contribution in [1.82, 2.24) is 9.80 Å². The topological polar surface area (TPSA) is 18.8 Å². The molecule has 3 nitrogen and oxygen atoms in total. The molecule has 0 spiro atoms. The van der Waals surface area contributed by atoms with Crippen LogP contribution in [-0.4, -0.2) is 42.9 Å². The van der Waals surface area contributed by atoms with Crippen LogP contribution in [0.1, 0.15) is 34.7 Å². The number of aryl methyl sites for hydroxylation is 2. The lowest BCUT2D eigenvalue weighted by molar-refractivity contribution is 0.315. The molecule has 0 aliphatic carbocycles. The van der Waals surface area contributed by atoms with Gasteiger partial charge in [-0.2, -0.15) is 0 Å². The van der Waals surface area contributed by atoms with Gasteiger partial charge in [0.25, 0.3) is 0 Å². The second kappa shape index (κ2) is 7.08. The van der Waals surface area contributed by atoms with E-state index >= 15 is 0 Å². The van der Waals surface area contributed by atoms with Crippen molar-refractivity contribution in [2.75, 3.05) is 27.2 Å². The van der Waals surface area contributed by atoms with Crippen LogP contribution in [0.3, 0.4) is 0 Å². The summed E-state index contributed by atoms with van der Waals surface area (Å²) in [5.41, 5.74) is 5.04. The zero-order valence-corrected chi connectivity index (χ0v) is 15.2. The van der Waals surface area contributed by atoms with Crippen molar-refractivity contribution in [2.45, 2.75) is 26.3 Å². The Hall–Kier alpha value is -2.29. The van der Waals surface area contributed by atoms with Crippen LogP contribution in [0.2, 0.25) is 0 Å². The normalized spacial score (nSPS) is 15.1. The lowest BCUT2D eigenvalue weighted by Gasteiger charge is -2.35. The molecule has 0 unspecified atom stereocenters. The molecular formula is C21H27N3. The molecule has 1 saturated heterocycles. The van der Waals surface area contributed by atoms with E-state index in [0.29, 0.717) is 0 Å². The fourth-order valence-electron chi connectivity index (χ4n) is 3.19. The number of benzene rings is 2. The van der Waals surface area contributed by atoms with E-state index in [1.165, 1.54) is 28.7 Å². The van der Waals surface area contributed by atoms with Gasteiger partial charge in [0.2, 0.25) is 0 Å². The molecule has 0 N–H and O–H groups in total. The second-order valence-electron chi connectivity index (χ2n) is 6.85. The number of rotatable bonds is 3. The van der Waals surface area contributed by atoms with Crippen molar-refractivity contribution in [1.29, 1.82) is 0 Å². The minimum atomic E-state index is 0.0317. The molecule has 0 atom stereocenters. The average Bonchev–Trinajstić information content (AvgIpc) is 2.57. The molecule has 0 bridgehead atoms. The van der Waals surface area contributed by atoms with Crippen molar-refractivity contribution in [3.63, 3.8) is 0 Å². The predicted molar refractivity (Wildman–Crippen MR) is 102 cm³/mol. The molecule has 1 fully saturated rings. The van der Waals surface area contributed by atoms with Gasteiger partial charge in [-0.05, 0) is 31.4 Å². The van der Waals surface area contributed by atoms with Crippen LogP contribution in [-0.2, 0) is 0 Å². The van der Waals surface area contributed by atoms with E-state index in [1.807, 2.05) is 0 Å². The van der Waals surface area contributed by atoms with Gasteiger partial charge < -0.3 is 9.80 Å². The Labute approximate surface area is 145 Å². The van der Waals surface area contributed by atoms with Gasteiger partial charge in [-0.3, -0.25) is 0 Å². The van der Waals surface area contributed by atoms with Gasteiger partial charge in [-0.25, -0.2) is 4.99 Å². The summed E-state index contributed by atoms with van der Waals surface area (Å²) in [4.78, 5) is 9.69. The summed E-state index contributed by atoms with van der Waals surface area (Å²) >= 11 is 0. The van der Waals surface area contributed by atoms with Crippen LogP contribution in [0.25, 0.3) is 0 Å². The Morgan fingerprint density at radius 3 is 1.58 bits per heavy atom. The van der Waals surface area contributed by atoms with Gasteiger partial charge in [-0.1, -0.05) is 59.7 Å². The van der Waals surface area contributed by atoms with Crippen LogP contribution < -0.4 is 0 Å². The third kappa shape index (κ3) is 3.61. The van der Waals surface area contributed by atoms with Gasteiger partial charge in [0, 0.05) is 27.2 Å². The van der Waals surface area contributed by atoms with Crippen LogP contribution in [0, 0.1) is 13.8 Å². The molecule has 0 radical (unpaired) electrons. The second-order valence-corrected chi connectivity index (χ2v) is 6.85. The van der Waals surface area contributed by atoms with Crippen molar-refractivity contribution in [2.24, 2.45) is 4.99 Å². The van der Waals surface area contributed by atoms with Gasteiger partial charge in [0.15, 0.2) is 5.96 Å². The van der Waals surface area contributed by atoms with E-state index in [0.717, 1.165) is 19.0 Å². The summed E-state index contributed by atoms with van der Waals surface area (Å²) in [5, 5.41) is 0. The summed E-state index contributed by atoms with van der Waals surface area (Å²) in [6.07, 6.45) is 1.19. The molecule has 0 amide bonds. The first-order chi connectivity index (χ1) is 11.5. The summed E-state index contributed by atoms with van der Waals surface area (Å²) in [6, 6.07) is 17.5. The lowest BCUT2D eigenvalue weighted by atomic mass is 9.97. The SMILES string of the molecule is Cc1ccc(C(N=C2N(C)CCCN2C)c2ccc(C)cc2)cc1. The molecule has 1 heterocycles.